The number of sulfone groups is 1. The second kappa shape index (κ2) is 7.15. The Kier molecular flexibility index (Phi) is 5.49. The molecule has 0 radical (unpaired) electrons. The second-order valence-corrected chi connectivity index (χ2v) is 8.06. The molecule has 0 spiro atoms. The van der Waals surface area contributed by atoms with Crippen LogP contribution in [0.5, 0.6) is 0 Å². The Morgan fingerprint density at radius 1 is 1.24 bits per heavy atom. The van der Waals surface area contributed by atoms with E-state index in [1.54, 1.807) is 24.3 Å². The van der Waals surface area contributed by atoms with E-state index in [1.807, 2.05) is 12.3 Å². The number of rotatable bonds is 4. The van der Waals surface area contributed by atoms with Crippen LogP contribution in [0.2, 0.25) is 0 Å². The number of thioether (sulfide) groups is 1. The molecule has 1 saturated carbocycles. The molecule has 21 heavy (non-hydrogen) atoms. The van der Waals surface area contributed by atoms with Crippen molar-refractivity contribution in [1.29, 1.82) is 5.26 Å². The van der Waals surface area contributed by atoms with E-state index in [4.69, 9.17) is 5.26 Å². The van der Waals surface area contributed by atoms with Gasteiger partial charge in [0.2, 0.25) is 9.84 Å². The zero-order chi connectivity index (χ0) is 15.3. The van der Waals surface area contributed by atoms with Gasteiger partial charge < -0.3 is 0 Å². The summed E-state index contributed by atoms with van der Waals surface area (Å²) in [5, 5.41) is 12.3. The predicted molar refractivity (Wildman–Crippen MR) is 86.2 cm³/mol. The van der Waals surface area contributed by atoms with Gasteiger partial charge in [0.15, 0.2) is 0 Å². The van der Waals surface area contributed by atoms with Gasteiger partial charge in [0.25, 0.3) is 0 Å². The number of benzene rings is 1. The minimum atomic E-state index is -3.48. The number of hydrogen-bond acceptors (Lipinski definition) is 4. The van der Waals surface area contributed by atoms with Crippen LogP contribution in [-0.4, -0.2) is 8.42 Å². The third kappa shape index (κ3) is 4.36. The van der Waals surface area contributed by atoms with Crippen LogP contribution in [0.3, 0.4) is 0 Å². The van der Waals surface area contributed by atoms with E-state index in [0.29, 0.717) is 9.80 Å². The van der Waals surface area contributed by atoms with E-state index < -0.39 is 9.84 Å². The van der Waals surface area contributed by atoms with Gasteiger partial charge in [0.1, 0.15) is 5.40 Å². The van der Waals surface area contributed by atoms with E-state index in [0.717, 1.165) is 43.0 Å². The molecule has 0 aliphatic heterocycles. The van der Waals surface area contributed by atoms with Crippen molar-refractivity contribution in [3.8, 4) is 5.40 Å². The highest BCUT2D eigenvalue weighted by atomic mass is 32.2. The summed E-state index contributed by atoms with van der Waals surface area (Å²) in [6.07, 6.45) is 5.37. The van der Waals surface area contributed by atoms with Crippen LogP contribution >= 0.6 is 11.8 Å². The molecular formula is C16H19NO2S2. The first-order valence-corrected chi connectivity index (χ1v) is 9.48. The lowest BCUT2D eigenvalue weighted by Gasteiger charge is -2.22. The number of nitrogens with zero attached hydrogens (tertiary/aromatic N) is 1. The van der Waals surface area contributed by atoms with Gasteiger partial charge >= 0.3 is 0 Å². The van der Waals surface area contributed by atoms with Gasteiger partial charge in [0, 0.05) is 10.3 Å². The molecule has 1 aliphatic carbocycles. The van der Waals surface area contributed by atoms with Gasteiger partial charge in [-0.2, -0.15) is 5.26 Å². The largest absolute Gasteiger partial charge is 0.219 e. The molecular weight excluding hydrogens is 302 g/mol. The lowest BCUT2D eigenvalue weighted by atomic mass is 9.89. The Hall–Kier alpha value is -1.25. The molecule has 0 saturated heterocycles. The number of nitriles is 1. The fourth-order valence-electron chi connectivity index (χ4n) is 2.59. The van der Waals surface area contributed by atoms with E-state index in [-0.39, 0.29) is 5.92 Å². The van der Waals surface area contributed by atoms with Crippen molar-refractivity contribution in [2.75, 3.05) is 0 Å². The molecule has 0 bridgehead atoms. The number of allylic oxidation sites excluding steroid dienone is 1. The Bertz CT molecular complexity index is 649. The van der Waals surface area contributed by atoms with Crippen molar-refractivity contribution in [2.45, 2.75) is 43.9 Å². The highest BCUT2D eigenvalue weighted by Gasteiger charge is 2.22. The third-order valence-corrected chi connectivity index (χ3v) is 6.21. The van der Waals surface area contributed by atoms with Crippen molar-refractivity contribution in [1.82, 2.24) is 0 Å². The fraction of sp³-hybridized carbons (Fsp3) is 0.438. The van der Waals surface area contributed by atoms with Gasteiger partial charge in [-0.25, -0.2) is 8.42 Å². The highest BCUT2D eigenvalue weighted by Crippen LogP contribution is 2.36. The molecule has 112 valence electrons. The molecule has 0 atom stereocenters. The summed E-state index contributed by atoms with van der Waals surface area (Å²) in [7, 11) is -3.48. The Morgan fingerprint density at radius 3 is 2.43 bits per heavy atom. The van der Waals surface area contributed by atoms with Crippen molar-refractivity contribution in [2.24, 2.45) is 5.92 Å². The first-order chi connectivity index (χ1) is 10.0. The summed E-state index contributed by atoms with van der Waals surface area (Å²) < 4.78 is 24.9. The van der Waals surface area contributed by atoms with E-state index in [1.165, 1.54) is 11.8 Å². The molecule has 0 amide bonds. The molecule has 0 heterocycles. The summed E-state index contributed by atoms with van der Waals surface area (Å²) in [6, 6.07) is 6.82. The van der Waals surface area contributed by atoms with Crippen molar-refractivity contribution >= 4 is 21.6 Å². The van der Waals surface area contributed by atoms with Crippen LogP contribution in [0, 0.1) is 23.5 Å². The zero-order valence-corrected chi connectivity index (χ0v) is 13.7. The molecule has 1 aromatic rings. The van der Waals surface area contributed by atoms with Crippen LogP contribution in [0.25, 0.3) is 0 Å². The zero-order valence-electron chi connectivity index (χ0n) is 12.1. The van der Waals surface area contributed by atoms with E-state index in [9.17, 15) is 8.42 Å². The monoisotopic (exact) mass is 321 g/mol. The summed E-state index contributed by atoms with van der Waals surface area (Å²) >= 11 is 0.995. The Morgan fingerprint density at radius 2 is 1.86 bits per heavy atom. The summed E-state index contributed by atoms with van der Waals surface area (Å²) in [4.78, 5) is 0.984. The minimum Gasteiger partial charge on any atom is -0.219 e. The number of hydrogen-bond donors (Lipinski definition) is 0. The smallest absolute Gasteiger partial charge is 0.200 e. The lowest BCUT2D eigenvalue weighted by Crippen LogP contribution is -2.09. The maximum atomic E-state index is 12.5. The van der Waals surface area contributed by atoms with Gasteiger partial charge in [0.05, 0.1) is 4.90 Å². The summed E-state index contributed by atoms with van der Waals surface area (Å²) in [5.41, 5.74) is 1.02. The lowest BCUT2D eigenvalue weighted by molar-refractivity contribution is 0.415. The fourth-order valence-corrected chi connectivity index (χ4v) is 4.82. The number of thiocyanates is 1. The summed E-state index contributed by atoms with van der Waals surface area (Å²) in [6.45, 7) is 1.92. The van der Waals surface area contributed by atoms with Gasteiger partial charge in [-0.05, 0) is 49.6 Å². The molecule has 1 aromatic carbocycles. The van der Waals surface area contributed by atoms with Gasteiger partial charge in [-0.1, -0.05) is 37.0 Å². The molecule has 0 aromatic heterocycles. The molecule has 1 aliphatic rings. The van der Waals surface area contributed by atoms with E-state index >= 15 is 0 Å². The van der Waals surface area contributed by atoms with Crippen LogP contribution in [0.1, 0.15) is 37.7 Å². The van der Waals surface area contributed by atoms with Gasteiger partial charge in [-0.3, -0.25) is 0 Å². The summed E-state index contributed by atoms with van der Waals surface area (Å²) in [5.74, 6) is 0.212. The van der Waals surface area contributed by atoms with Crippen LogP contribution in [0.15, 0.2) is 39.5 Å². The Labute approximate surface area is 131 Å². The molecule has 1 fully saturated rings. The van der Waals surface area contributed by atoms with Gasteiger partial charge in [-0.15, -0.1) is 0 Å². The van der Waals surface area contributed by atoms with E-state index in [2.05, 4.69) is 0 Å². The average molecular weight is 321 g/mol. The standard InChI is InChI=1S/C16H19NO2S2/c1-13-7-9-15(10-8-13)21(18,19)11-16(20-12-17)14-5-3-2-4-6-14/h7-11,14H,2-6H2,1H3/b16-11-. The normalized spacial score (nSPS) is 17.4. The first kappa shape index (κ1) is 16.1. The number of aryl methyl sites for hydroxylation is 1. The molecule has 2 rings (SSSR count). The maximum Gasteiger partial charge on any atom is 0.200 e. The second-order valence-electron chi connectivity index (χ2n) is 5.41. The van der Waals surface area contributed by atoms with Crippen LogP contribution in [0.4, 0.5) is 0 Å². The third-order valence-electron chi connectivity index (χ3n) is 3.79. The minimum absolute atomic E-state index is 0.212. The SMILES string of the molecule is Cc1ccc(S(=O)(=O)/C=C(\SC#N)C2CCCCC2)cc1. The predicted octanol–water partition coefficient (Wildman–Crippen LogP) is 4.40. The van der Waals surface area contributed by atoms with Crippen LogP contribution in [-0.2, 0) is 9.84 Å². The van der Waals surface area contributed by atoms with Crippen molar-refractivity contribution in [3.05, 3.63) is 40.1 Å². The van der Waals surface area contributed by atoms with Crippen molar-refractivity contribution in [3.63, 3.8) is 0 Å². The van der Waals surface area contributed by atoms with Crippen molar-refractivity contribution < 1.29 is 8.42 Å². The average Bonchev–Trinajstić information content (AvgIpc) is 2.48. The maximum absolute atomic E-state index is 12.5. The molecule has 5 heteroatoms. The topological polar surface area (TPSA) is 57.9 Å². The molecule has 0 unspecified atom stereocenters. The molecule has 0 N–H and O–H groups in total. The first-order valence-electron chi connectivity index (χ1n) is 7.12. The highest BCUT2D eigenvalue weighted by molar-refractivity contribution is 8.08. The quantitative estimate of drug-likeness (QED) is 0.771. The molecule has 3 nitrogen and oxygen atoms in total. The Balaban J connectivity index is 2.31. The van der Waals surface area contributed by atoms with Crippen LogP contribution < -0.4 is 0 Å².